The average Bonchev–Trinajstić information content (AvgIpc) is 2.69. The van der Waals surface area contributed by atoms with Crippen molar-refractivity contribution in [2.24, 2.45) is 0 Å². The Morgan fingerprint density at radius 2 is 2.10 bits per heavy atom. The van der Waals surface area contributed by atoms with Crippen molar-refractivity contribution in [3.8, 4) is 0 Å². The number of fused-ring (bicyclic) bond motifs is 1. The smallest absolute Gasteiger partial charge is 0.407 e. The molecule has 1 aromatic carbocycles. The molecular weight excluding hydrogens is 258 g/mol. The third-order valence-electron chi connectivity index (χ3n) is 3.10. The van der Waals surface area contributed by atoms with Crippen LogP contribution in [-0.2, 0) is 22.6 Å². The third kappa shape index (κ3) is 3.10. The number of ether oxygens (including phenoxy) is 2. The van der Waals surface area contributed by atoms with Crippen LogP contribution in [0, 0.1) is 6.92 Å². The molecule has 0 aliphatic carbocycles. The van der Waals surface area contributed by atoms with E-state index in [1.54, 1.807) is 6.07 Å². The van der Waals surface area contributed by atoms with E-state index in [2.05, 4.69) is 5.32 Å². The number of benzene rings is 1. The highest BCUT2D eigenvalue weighted by Gasteiger charge is 2.24. The highest BCUT2D eigenvalue weighted by atomic mass is 16.6. The number of esters is 1. The summed E-state index contributed by atoms with van der Waals surface area (Å²) in [5.74, 6) is -0.283. The van der Waals surface area contributed by atoms with Crippen LogP contribution in [0.5, 0.6) is 0 Å². The van der Waals surface area contributed by atoms with Gasteiger partial charge in [0.25, 0.3) is 0 Å². The van der Waals surface area contributed by atoms with Crippen LogP contribution in [0.15, 0.2) is 12.1 Å². The molecule has 108 valence electrons. The van der Waals surface area contributed by atoms with Crippen LogP contribution in [0.2, 0.25) is 0 Å². The summed E-state index contributed by atoms with van der Waals surface area (Å²) in [4.78, 5) is 23.1. The molecule has 5 nitrogen and oxygen atoms in total. The van der Waals surface area contributed by atoms with Crippen LogP contribution in [0.1, 0.15) is 47.8 Å². The second-order valence-electron chi connectivity index (χ2n) is 5.81. The summed E-state index contributed by atoms with van der Waals surface area (Å²) in [7, 11) is 0. The fourth-order valence-corrected chi connectivity index (χ4v) is 2.07. The largest absolute Gasteiger partial charge is 0.457 e. The number of hydrogen-bond donors (Lipinski definition) is 1. The number of hydrogen-bond acceptors (Lipinski definition) is 4. The number of nitrogens with one attached hydrogen (secondary N) is 1. The van der Waals surface area contributed by atoms with E-state index in [1.165, 1.54) is 0 Å². The average molecular weight is 277 g/mol. The van der Waals surface area contributed by atoms with Crippen molar-refractivity contribution in [1.82, 2.24) is 5.32 Å². The lowest BCUT2D eigenvalue weighted by Gasteiger charge is -2.20. The SMILES string of the molecule is Cc1c(CNC(=O)OC(C)(C)C)ccc2c1COC2=O. The highest BCUT2D eigenvalue weighted by molar-refractivity contribution is 5.93. The zero-order valence-corrected chi connectivity index (χ0v) is 12.2. The van der Waals surface area contributed by atoms with Crippen molar-refractivity contribution < 1.29 is 19.1 Å². The molecule has 1 heterocycles. The standard InChI is InChI=1S/C15H19NO4/c1-9-10(7-16-14(18)20-15(2,3)4)5-6-11-12(9)8-19-13(11)17/h5-6H,7-8H2,1-4H3,(H,16,18). The van der Waals surface area contributed by atoms with Crippen molar-refractivity contribution in [1.29, 1.82) is 0 Å². The first-order valence-corrected chi connectivity index (χ1v) is 6.53. The lowest BCUT2D eigenvalue weighted by atomic mass is 9.99. The van der Waals surface area contributed by atoms with E-state index in [9.17, 15) is 9.59 Å². The fourth-order valence-electron chi connectivity index (χ4n) is 2.07. The molecule has 0 fully saturated rings. The molecule has 20 heavy (non-hydrogen) atoms. The molecule has 0 radical (unpaired) electrons. The Balaban J connectivity index is 2.05. The van der Waals surface area contributed by atoms with Gasteiger partial charge in [0.1, 0.15) is 12.2 Å². The van der Waals surface area contributed by atoms with Crippen LogP contribution >= 0.6 is 0 Å². The van der Waals surface area contributed by atoms with Gasteiger partial charge in [0, 0.05) is 12.1 Å². The maximum Gasteiger partial charge on any atom is 0.407 e. The maximum absolute atomic E-state index is 11.6. The zero-order chi connectivity index (χ0) is 14.9. The van der Waals surface area contributed by atoms with Crippen LogP contribution < -0.4 is 5.32 Å². The molecule has 1 N–H and O–H groups in total. The molecule has 0 aromatic heterocycles. The summed E-state index contributed by atoms with van der Waals surface area (Å²) in [6, 6.07) is 3.57. The highest BCUT2D eigenvalue weighted by Crippen LogP contribution is 2.25. The number of carbonyl (C=O) groups is 2. The van der Waals surface area contributed by atoms with Gasteiger partial charge >= 0.3 is 12.1 Å². The number of rotatable bonds is 2. The van der Waals surface area contributed by atoms with Crippen molar-refractivity contribution in [2.75, 3.05) is 0 Å². The first-order valence-electron chi connectivity index (χ1n) is 6.53. The second-order valence-corrected chi connectivity index (χ2v) is 5.81. The molecule has 5 heteroatoms. The lowest BCUT2D eigenvalue weighted by Crippen LogP contribution is -2.32. The summed E-state index contributed by atoms with van der Waals surface area (Å²) in [6.45, 7) is 8.04. The van der Waals surface area contributed by atoms with Gasteiger partial charge in [-0.15, -0.1) is 0 Å². The first kappa shape index (κ1) is 14.4. The maximum atomic E-state index is 11.6. The first-order chi connectivity index (χ1) is 9.28. The van der Waals surface area contributed by atoms with Crippen LogP contribution in [0.25, 0.3) is 0 Å². The Bertz CT molecular complexity index is 558. The molecule has 0 unspecified atom stereocenters. The summed E-state index contributed by atoms with van der Waals surface area (Å²) in [5, 5.41) is 2.71. The van der Waals surface area contributed by atoms with Gasteiger partial charge in [-0.2, -0.15) is 0 Å². The van der Waals surface area contributed by atoms with Gasteiger partial charge in [-0.3, -0.25) is 0 Å². The molecule has 0 bridgehead atoms. The van der Waals surface area contributed by atoms with Gasteiger partial charge in [0.15, 0.2) is 0 Å². The predicted octanol–water partition coefficient (Wildman–Crippen LogP) is 2.69. The summed E-state index contributed by atoms with van der Waals surface area (Å²) in [5.41, 5.74) is 2.93. The topological polar surface area (TPSA) is 64.6 Å². The zero-order valence-electron chi connectivity index (χ0n) is 12.2. The molecule has 2 rings (SSSR count). The Hall–Kier alpha value is -2.04. The summed E-state index contributed by atoms with van der Waals surface area (Å²) in [6.07, 6.45) is -0.454. The molecule has 1 aliphatic heterocycles. The molecule has 1 amide bonds. The fraction of sp³-hybridized carbons (Fsp3) is 0.467. The normalized spacial score (nSPS) is 13.7. The molecule has 1 aromatic rings. The summed E-state index contributed by atoms with van der Waals surface area (Å²) < 4.78 is 10.2. The van der Waals surface area contributed by atoms with Gasteiger partial charge in [-0.1, -0.05) is 6.07 Å². The molecular formula is C15H19NO4. The molecule has 0 saturated carbocycles. The Morgan fingerprint density at radius 1 is 1.40 bits per heavy atom. The monoisotopic (exact) mass is 277 g/mol. The van der Waals surface area contributed by atoms with Gasteiger partial charge < -0.3 is 14.8 Å². The second kappa shape index (κ2) is 5.15. The molecule has 0 spiro atoms. The van der Waals surface area contributed by atoms with Crippen molar-refractivity contribution >= 4 is 12.1 Å². The van der Waals surface area contributed by atoms with E-state index in [0.717, 1.165) is 16.7 Å². The van der Waals surface area contributed by atoms with Crippen molar-refractivity contribution in [3.63, 3.8) is 0 Å². The van der Waals surface area contributed by atoms with E-state index in [4.69, 9.17) is 9.47 Å². The number of amides is 1. The minimum absolute atomic E-state index is 0.283. The number of alkyl carbamates (subject to hydrolysis) is 1. The van der Waals surface area contributed by atoms with Crippen molar-refractivity contribution in [2.45, 2.75) is 46.4 Å². The van der Waals surface area contributed by atoms with E-state index in [-0.39, 0.29) is 5.97 Å². The van der Waals surface area contributed by atoms with Crippen LogP contribution in [0.3, 0.4) is 0 Å². The minimum Gasteiger partial charge on any atom is -0.457 e. The van der Waals surface area contributed by atoms with Gasteiger partial charge in [0.05, 0.1) is 5.56 Å². The molecule has 0 atom stereocenters. The lowest BCUT2D eigenvalue weighted by molar-refractivity contribution is 0.0518. The Kier molecular flexibility index (Phi) is 3.70. The van der Waals surface area contributed by atoms with Crippen LogP contribution in [-0.4, -0.2) is 17.7 Å². The Morgan fingerprint density at radius 3 is 2.75 bits per heavy atom. The molecule has 1 aliphatic rings. The van der Waals surface area contributed by atoms with Gasteiger partial charge in [0.2, 0.25) is 0 Å². The van der Waals surface area contributed by atoms with E-state index < -0.39 is 11.7 Å². The Labute approximate surface area is 118 Å². The number of carbonyl (C=O) groups excluding carboxylic acids is 2. The molecule has 0 saturated heterocycles. The van der Waals surface area contributed by atoms with Crippen LogP contribution in [0.4, 0.5) is 4.79 Å². The minimum atomic E-state index is -0.517. The third-order valence-corrected chi connectivity index (χ3v) is 3.10. The van der Waals surface area contributed by atoms with E-state index >= 15 is 0 Å². The van der Waals surface area contributed by atoms with Gasteiger partial charge in [-0.05, 0) is 44.9 Å². The van der Waals surface area contributed by atoms with E-state index in [1.807, 2.05) is 33.8 Å². The quantitative estimate of drug-likeness (QED) is 0.844. The number of cyclic esters (lactones) is 1. The van der Waals surface area contributed by atoms with Crippen molar-refractivity contribution in [3.05, 3.63) is 34.4 Å². The van der Waals surface area contributed by atoms with E-state index in [0.29, 0.717) is 18.7 Å². The predicted molar refractivity (Wildman–Crippen MR) is 73.4 cm³/mol. The summed E-state index contributed by atoms with van der Waals surface area (Å²) >= 11 is 0. The van der Waals surface area contributed by atoms with Gasteiger partial charge in [-0.25, -0.2) is 9.59 Å².